The van der Waals surface area contributed by atoms with Crippen LogP contribution in [0.2, 0.25) is 0 Å². The molecule has 0 bridgehead atoms. The first-order valence-corrected chi connectivity index (χ1v) is 8.96. The van der Waals surface area contributed by atoms with Crippen molar-refractivity contribution in [2.75, 3.05) is 11.6 Å². The van der Waals surface area contributed by atoms with Crippen LogP contribution < -0.4 is 15.8 Å². The molecule has 0 aliphatic carbocycles. The Balaban J connectivity index is 1.79. The van der Waals surface area contributed by atoms with E-state index in [-0.39, 0.29) is 11.9 Å². The molecule has 26 heavy (non-hydrogen) atoms. The molecule has 2 aromatic rings. The third kappa shape index (κ3) is 3.94. The summed E-state index contributed by atoms with van der Waals surface area (Å²) >= 11 is 0. The smallest absolute Gasteiger partial charge is 0.334 e. The summed E-state index contributed by atoms with van der Waals surface area (Å²) in [6.07, 6.45) is 4.93. The van der Waals surface area contributed by atoms with Gasteiger partial charge in [0.25, 0.3) is 5.91 Å². The number of fused-ring (bicyclic) bond motifs is 1. The van der Waals surface area contributed by atoms with Gasteiger partial charge in [0.1, 0.15) is 0 Å². The highest BCUT2D eigenvalue weighted by atomic mass is 16.2. The number of anilines is 1. The van der Waals surface area contributed by atoms with Gasteiger partial charge in [-0.3, -0.25) is 4.79 Å². The number of hydrazine groups is 1. The predicted molar refractivity (Wildman–Crippen MR) is 104 cm³/mol. The van der Waals surface area contributed by atoms with Crippen LogP contribution in [0.4, 0.5) is 10.5 Å². The molecule has 0 aromatic heterocycles. The van der Waals surface area contributed by atoms with Crippen LogP contribution in [0.25, 0.3) is 11.6 Å². The van der Waals surface area contributed by atoms with Crippen molar-refractivity contribution < 1.29 is 9.59 Å². The Morgan fingerprint density at radius 2 is 1.77 bits per heavy atom. The largest absolute Gasteiger partial charge is 0.337 e. The fourth-order valence-electron chi connectivity index (χ4n) is 2.93. The summed E-state index contributed by atoms with van der Waals surface area (Å²) < 4.78 is 0. The Kier molecular flexibility index (Phi) is 5.69. The average Bonchev–Trinajstić information content (AvgIpc) is 2.92. The number of nitrogens with zero attached hydrogens (tertiary/aromatic N) is 1. The number of nitrogens with one attached hydrogen (secondary N) is 2. The summed E-state index contributed by atoms with van der Waals surface area (Å²) in [7, 11) is 0. The van der Waals surface area contributed by atoms with Crippen molar-refractivity contribution in [1.82, 2.24) is 10.7 Å². The molecular formula is C21H23N3O2. The van der Waals surface area contributed by atoms with E-state index in [0.29, 0.717) is 17.8 Å². The van der Waals surface area contributed by atoms with Crippen LogP contribution in [-0.2, 0) is 4.79 Å². The summed E-state index contributed by atoms with van der Waals surface area (Å²) in [6, 6.07) is 16.8. The van der Waals surface area contributed by atoms with Crippen molar-refractivity contribution in [2.45, 2.75) is 26.2 Å². The minimum absolute atomic E-state index is 0.237. The van der Waals surface area contributed by atoms with Gasteiger partial charge in [-0.25, -0.2) is 15.2 Å². The Morgan fingerprint density at radius 3 is 2.54 bits per heavy atom. The van der Waals surface area contributed by atoms with E-state index in [2.05, 4.69) is 17.7 Å². The summed E-state index contributed by atoms with van der Waals surface area (Å²) in [5, 5.41) is 4.12. The first-order chi connectivity index (χ1) is 12.7. The van der Waals surface area contributed by atoms with Gasteiger partial charge >= 0.3 is 6.03 Å². The molecule has 0 atom stereocenters. The summed E-state index contributed by atoms with van der Waals surface area (Å²) in [6.45, 7) is 2.70. The third-order valence-electron chi connectivity index (χ3n) is 4.26. The minimum atomic E-state index is -0.370. The lowest BCUT2D eigenvalue weighted by Crippen LogP contribution is -2.49. The molecule has 3 rings (SSSR count). The Bertz CT molecular complexity index is 815. The molecule has 1 heterocycles. The second-order valence-electron chi connectivity index (χ2n) is 6.20. The monoisotopic (exact) mass is 349 g/mol. The zero-order chi connectivity index (χ0) is 18.4. The van der Waals surface area contributed by atoms with Crippen molar-refractivity contribution in [3.8, 4) is 0 Å². The van der Waals surface area contributed by atoms with E-state index in [0.717, 1.165) is 30.4 Å². The standard InChI is InChI=1S/C21H23N3O2/c1-2-3-9-14-22-21(26)23-24-19-13-8-7-12-17(19)18(20(24)25)15-16-10-5-4-6-11-16/h4-8,10-13,15H,2-3,9,14H2,1H3,(H2,22,23,26). The number of unbranched alkanes of at least 4 members (excludes halogenated alkanes) is 2. The molecule has 2 aromatic carbocycles. The number of carbonyl (C=O) groups excluding carboxylic acids is 2. The minimum Gasteiger partial charge on any atom is -0.337 e. The van der Waals surface area contributed by atoms with Crippen LogP contribution in [-0.4, -0.2) is 18.5 Å². The number of benzene rings is 2. The average molecular weight is 349 g/mol. The molecule has 0 fully saturated rings. The number of para-hydroxylation sites is 1. The Hall–Kier alpha value is -3.08. The van der Waals surface area contributed by atoms with Crippen LogP contribution in [0.5, 0.6) is 0 Å². The molecule has 3 amide bonds. The maximum absolute atomic E-state index is 12.9. The number of hydrogen-bond acceptors (Lipinski definition) is 2. The maximum Gasteiger partial charge on any atom is 0.334 e. The molecule has 0 saturated heterocycles. The molecule has 0 spiro atoms. The first-order valence-electron chi connectivity index (χ1n) is 8.96. The van der Waals surface area contributed by atoms with Gasteiger partial charge < -0.3 is 5.32 Å². The van der Waals surface area contributed by atoms with Crippen LogP contribution in [0.15, 0.2) is 54.6 Å². The SMILES string of the molecule is CCCCCNC(=O)NN1C(=O)C(=Cc2ccccc2)c2ccccc21. The lowest BCUT2D eigenvalue weighted by Gasteiger charge is -2.18. The highest BCUT2D eigenvalue weighted by Crippen LogP contribution is 2.36. The topological polar surface area (TPSA) is 61.4 Å². The van der Waals surface area contributed by atoms with Crippen molar-refractivity contribution in [3.63, 3.8) is 0 Å². The van der Waals surface area contributed by atoms with E-state index in [9.17, 15) is 9.59 Å². The molecule has 5 heteroatoms. The predicted octanol–water partition coefficient (Wildman–Crippen LogP) is 3.98. The van der Waals surface area contributed by atoms with E-state index in [1.165, 1.54) is 5.01 Å². The third-order valence-corrected chi connectivity index (χ3v) is 4.26. The maximum atomic E-state index is 12.9. The molecule has 0 saturated carbocycles. The molecule has 1 aliphatic heterocycles. The van der Waals surface area contributed by atoms with E-state index < -0.39 is 0 Å². The number of rotatable bonds is 6. The second kappa shape index (κ2) is 8.34. The van der Waals surface area contributed by atoms with Crippen molar-refractivity contribution in [1.29, 1.82) is 0 Å². The van der Waals surface area contributed by atoms with Crippen molar-refractivity contribution in [3.05, 3.63) is 65.7 Å². The van der Waals surface area contributed by atoms with Crippen LogP contribution >= 0.6 is 0 Å². The van der Waals surface area contributed by atoms with E-state index in [1.807, 2.05) is 60.7 Å². The number of amides is 3. The quantitative estimate of drug-likeness (QED) is 0.612. The summed E-state index contributed by atoms with van der Waals surface area (Å²) in [5.74, 6) is -0.237. The van der Waals surface area contributed by atoms with Crippen molar-refractivity contribution in [2.24, 2.45) is 0 Å². The fourth-order valence-corrected chi connectivity index (χ4v) is 2.93. The Labute approximate surface area is 153 Å². The molecule has 0 radical (unpaired) electrons. The summed E-state index contributed by atoms with van der Waals surface area (Å²) in [4.78, 5) is 25.0. The zero-order valence-corrected chi connectivity index (χ0v) is 14.9. The van der Waals surface area contributed by atoms with Gasteiger partial charge in [0.15, 0.2) is 0 Å². The van der Waals surface area contributed by atoms with Gasteiger partial charge in [0.2, 0.25) is 0 Å². The van der Waals surface area contributed by atoms with Gasteiger partial charge in [0, 0.05) is 12.1 Å². The van der Waals surface area contributed by atoms with Crippen molar-refractivity contribution >= 4 is 29.3 Å². The molecule has 5 nitrogen and oxygen atoms in total. The van der Waals surface area contributed by atoms with E-state index in [4.69, 9.17) is 0 Å². The number of carbonyl (C=O) groups is 2. The highest BCUT2D eigenvalue weighted by molar-refractivity contribution is 6.35. The molecular weight excluding hydrogens is 326 g/mol. The van der Waals surface area contributed by atoms with Crippen LogP contribution in [0.3, 0.4) is 0 Å². The lowest BCUT2D eigenvalue weighted by atomic mass is 10.0. The molecule has 1 aliphatic rings. The van der Waals surface area contributed by atoms with Crippen LogP contribution in [0, 0.1) is 0 Å². The number of hydrogen-bond donors (Lipinski definition) is 2. The summed E-state index contributed by atoms with van der Waals surface area (Å²) in [5.41, 5.74) is 5.68. The fraction of sp³-hybridized carbons (Fsp3) is 0.238. The number of urea groups is 1. The highest BCUT2D eigenvalue weighted by Gasteiger charge is 2.33. The molecule has 2 N–H and O–H groups in total. The normalized spacial score (nSPS) is 14.4. The van der Waals surface area contributed by atoms with E-state index >= 15 is 0 Å². The second-order valence-corrected chi connectivity index (χ2v) is 6.20. The van der Waals surface area contributed by atoms with Gasteiger partial charge in [0.05, 0.1) is 11.3 Å². The molecule has 0 unspecified atom stereocenters. The van der Waals surface area contributed by atoms with E-state index in [1.54, 1.807) is 0 Å². The Morgan fingerprint density at radius 1 is 1.04 bits per heavy atom. The van der Waals surface area contributed by atoms with Crippen LogP contribution in [0.1, 0.15) is 37.3 Å². The first kappa shape index (κ1) is 17.7. The molecule has 134 valence electrons. The lowest BCUT2D eigenvalue weighted by molar-refractivity contribution is -0.113. The van der Waals surface area contributed by atoms with Gasteiger partial charge in [-0.2, -0.15) is 0 Å². The van der Waals surface area contributed by atoms with Gasteiger partial charge in [-0.15, -0.1) is 0 Å². The zero-order valence-electron chi connectivity index (χ0n) is 14.9. The van der Waals surface area contributed by atoms with Gasteiger partial charge in [-0.05, 0) is 24.1 Å². The van der Waals surface area contributed by atoms with Gasteiger partial charge in [-0.1, -0.05) is 68.3 Å².